The fourth-order valence-corrected chi connectivity index (χ4v) is 2.78. The largest absolute Gasteiger partial charge is 0.483 e. The van der Waals surface area contributed by atoms with Crippen LogP contribution in [0.4, 0.5) is 0 Å². The van der Waals surface area contributed by atoms with Gasteiger partial charge in [-0.15, -0.1) is 0 Å². The Morgan fingerprint density at radius 1 is 1.19 bits per heavy atom. The third-order valence-electron chi connectivity index (χ3n) is 3.77. The van der Waals surface area contributed by atoms with Crippen LogP contribution in [0.3, 0.4) is 0 Å². The predicted molar refractivity (Wildman–Crippen MR) is 110 cm³/mol. The van der Waals surface area contributed by atoms with Gasteiger partial charge in [-0.1, -0.05) is 50.6 Å². The van der Waals surface area contributed by atoms with Crippen molar-refractivity contribution in [3.8, 4) is 5.75 Å². The number of hydrogen-bond donors (Lipinski definition) is 1. The van der Waals surface area contributed by atoms with Crippen molar-refractivity contribution in [2.24, 2.45) is 5.10 Å². The second-order valence-electron chi connectivity index (χ2n) is 6.92. The molecule has 2 aromatic carbocycles. The van der Waals surface area contributed by atoms with E-state index >= 15 is 0 Å². The molecule has 0 unspecified atom stereocenters. The van der Waals surface area contributed by atoms with Gasteiger partial charge in [-0.3, -0.25) is 4.79 Å². The van der Waals surface area contributed by atoms with Crippen molar-refractivity contribution in [2.45, 2.75) is 33.1 Å². The lowest BCUT2D eigenvalue weighted by Gasteiger charge is -2.20. The van der Waals surface area contributed by atoms with Crippen LogP contribution in [-0.4, -0.2) is 18.2 Å². The molecule has 0 radical (unpaired) electrons. The molecular weight excluding hydrogens is 416 g/mol. The topological polar surface area (TPSA) is 50.7 Å². The summed E-state index contributed by atoms with van der Waals surface area (Å²) in [6.45, 7) is 8.12. The summed E-state index contributed by atoms with van der Waals surface area (Å²) < 4.78 is 6.39. The lowest BCUT2D eigenvalue weighted by atomic mass is 9.87. The monoisotopic (exact) mass is 436 g/mol. The SMILES string of the molecule is CC(=NNC(=O)COc1ccc(C(C)(C)C)cc1Br)c1ccc(Cl)cc1. The molecule has 2 aromatic rings. The number of nitrogens with one attached hydrogen (secondary N) is 1. The zero-order valence-corrected chi connectivity index (χ0v) is 17.6. The number of nitrogens with zero attached hydrogens (tertiary/aromatic N) is 1. The Hall–Kier alpha value is -1.85. The van der Waals surface area contributed by atoms with E-state index < -0.39 is 0 Å². The van der Waals surface area contributed by atoms with Gasteiger partial charge in [-0.2, -0.15) is 5.10 Å². The first kappa shape index (κ1) is 20.5. The minimum Gasteiger partial charge on any atom is -0.483 e. The summed E-state index contributed by atoms with van der Waals surface area (Å²) in [4.78, 5) is 12.0. The van der Waals surface area contributed by atoms with E-state index in [0.29, 0.717) is 16.5 Å². The second-order valence-corrected chi connectivity index (χ2v) is 8.21. The molecule has 0 saturated heterocycles. The highest BCUT2D eigenvalue weighted by atomic mass is 79.9. The Balaban J connectivity index is 1.92. The maximum absolute atomic E-state index is 12.0. The van der Waals surface area contributed by atoms with Gasteiger partial charge in [0.2, 0.25) is 0 Å². The van der Waals surface area contributed by atoms with Gasteiger partial charge in [0.25, 0.3) is 5.91 Å². The number of rotatable bonds is 5. The summed E-state index contributed by atoms with van der Waals surface area (Å²) in [6.07, 6.45) is 0. The van der Waals surface area contributed by atoms with Gasteiger partial charge in [0, 0.05) is 5.02 Å². The van der Waals surface area contributed by atoms with Crippen molar-refractivity contribution in [1.82, 2.24) is 5.43 Å². The number of amides is 1. The molecule has 0 fully saturated rings. The number of halogens is 2. The number of benzene rings is 2. The zero-order valence-electron chi connectivity index (χ0n) is 15.3. The van der Waals surface area contributed by atoms with Gasteiger partial charge in [-0.05, 0) is 63.7 Å². The van der Waals surface area contributed by atoms with Crippen LogP contribution >= 0.6 is 27.5 Å². The van der Waals surface area contributed by atoms with Crippen LogP contribution in [-0.2, 0) is 10.2 Å². The van der Waals surface area contributed by atoms with Gasteiger partial charge in [0.15, 0.2) is 6.61 Å². The Morgan fingerprint density at radius 3 is 2.42 bits per heavy atom. The van der Waals surface area contributed by atoms with E-state index in [4.69, 9.17) is 16.3 Å². The zero-order chi connectivity index (χ0) is 19.3. The third-order valence-corrected chi connectivity index (χ3v) is 4.64. The molecule has 4 nitrogen and oxygen atoms in total. The molecule has 0 saturated carbocycles. The first-order chi connectivity index (χ1) is 12.2. The molecule has 0 aliphatic rings. The van der Waals surface area contributed by atoms with Gasteiger partial charge in [0.05, 0.1) is 10.2 Å². The molecule has 2 rings (SSSR count). The maximum atomic E-state index is 12.0. The molecule has 0 spiro atoms. The molecule has 0 aliphatic heterocycles. The average molecular weight is 438 g/mol. The molecule has 0 heterocycles. The normalized spacial score (nSPS) is 12.0. The number of hydrazone groups is 1. The Kier molecular flexibility index (Phi) is 6.84. The van der Waals surface area contributed by atoms with Gasteiger partial charge < -0.3 is 4.74 Å². The summed E-state index contributed by atoms with van der Waals surface area (Å²) in [5.41, 5.74) is 5.30. The molecule has 6 heteroatoms. The van der Waals surface area contributed by atoms with Crippen LogP contribution < -0.4 is 10.2 Å². The Labute approximate surface area is 167 Å². The molecule has 0 aliphatic carbocycles. The van der Waals surface area contributed by atoms with Crippen molar-refractivity contribution in [3.63, 3.8) is 0 Å². The Bertz CT molecular complexity index is 812. The van der Waals surface area contributed by atoms with E-state index in [1.165, 1.54) is 5.56 Å². The number of carbonyl (C=O) groups excluding carboxylic acids is 1. The summed E-state index contributed by atoms with van der Waals surface area (Å²) in [6, 6.07) is 13.1. The molecule has 138 valence electrons. The molecule has 0 atom stereocenters. The van der Waals surface area contributed by atoms with Crippen molar-refractivity contribution >= 4 is 39.1 Å². The van der Waals surface area contributed by atoms with Gasteiger partial charge in [0.1, 0.15) is 5.75 Å². The summed E-state index contributed by atoms with van der Waals surface area (Å²) in [5.74, 6) is 0.289. The van der Waals surface area contributed by atoms with Crippen molar-refractivity contribution < 1.29 is 9.53 Å². The molecule has 1 N–H and O–H groups in total. The van der Waals surface area contributed by atoms with E-state index in [1.54, 1.807) is 12.1 Å². The Morgan fingerprint density at radius 2 is 1.85 bits per heavy atom. The highest BCUT2D eigenvalue weighted by Crippen LogP contribution is 2.31. The fraction of sp³-hybridized carbons (Fsp3) is 0.300. The minimum absolute atomic E-state index is 0.0479. The smallest absolute Gasteiger partial charge is 0.277 e. The second kappa shape index (κ2) is 8.69. The molecule has 0 bridgehead atoms. The van der Waals surface area contributed by atoms with E-state index in [2.05, 4.69) is 47.2 Å². The summed E-state index contributed by atoms with van der Waals surface area (Å²) in [7, 11) is 0. The van der Waals surface area contributed by atoms with Crippen molar-refractivity contribution in [1.29, 1.82) is 0 Å². The molecule has 1 amide bonds. The highest BCUT2D eigenvalue weighted by Gasteiger charge is 2.15. The lowest BCUT2D eigenvalue weighted by molar-refractivity contribution is -0.123. The van der Waals surface area contributed by atoms with Crippen LogP contribution in [0, 0.1) is 0 Å². The molecular formula is C20H22BrClN2O2. The summed E-state index contributed by atoms with van der Waals surface area (Å²) >= 11 is 9.35. The highest BCUT2D eigenvalue weighted by molar-refractivity contribution is 9.10. The maximum Gasteiger partial charge on any atom is 0.277 e. The number of hydrogen-bond acceptors (Lipinski definition) is 3. The fourth-order valence-electron chi connectivity index (χ4n) is 2.16. The van der Waals surface area contributed by atoms with Crippen molar-refractivity contribution in [3.05, 3.63) is 63.1 Å². The van der Waals surface area contributed by atoms with Crippen LogP contribution in [0.25, 0.3) is 0 Å². The van der Waals surface area contributed by atoms with Gasteiger partial charge >= 0.3 is 0 Å². The number of ether oxygens (including phenoxy) is 1. The van der Waals surface area contributed by atoms with E-state index in [1.807, 2.05) is 37.3 Å². The predicted octanol–water partition coefficient (Wildman–Crippen LogP) is 5.32. The van der Waals surface area contributed by atoms with Crippen molar-refractivity contribution in [2.75, 3.05) is 6.61 Å². The first-order valence-electron chi connectivity index (χ1n) is 8.19. The molecule has 26 heavy (non-hydrogen) atoms. The lowest BCUT2D eigenvalue weighted by Crippen LogP contribution is -2.25. The van der Waals surface area contributed by atoms with E-state index in [9.17, 15) is 4.79 Å². The van der Waals surface area contributed by atoms with Crippen LogP contribution in [0.5, 0.6) is 5.75 Å². The molecule has 0 aromatic heterocycles. The van der Waals surface area contributed by atoms with E-state index in [0.717, 1.165) is 10.0 Å². The number of carbonyl (C=O) groups is 1. The minimum atomic E-state index is -0.329. The standard InChI is InChI=1S/C20H22BrClN2O2/c1-13(14-5-8-16(22)9-6-14)23-24-19(25)12-26-18-10-7-15(11-17(18)21)20(2,3)4/h5-11H,12H2,1-4H3,(H,24,25). The van der Waals surface area contributed by atoms with Crippen LogP contribution in [0.15, 0.2) is 52.0 Å². The first-order valence-corrected chi connectivity index (χ1v) is 9.36. The third kappa shape index (κ3) is 5.85. The average Bonchev–Trinajstić information content (AvgIpc) is 2.58. The van der Waals surface area contributed by atoms with E-state index in [-0.39, 0.29) is 17.9 Å². The van der Waals surface area contributed by atoms with Crippen LogP contribution in [0.2, 0.25) is 5.02 Å². The van der Waals surface area contributed by atoms with Gasteiger partial charge in [-0.25, -0.2) is 5.43 Å². The quantitative estimate of drug-likeness (QED) is 0.508. The van der Waals surface area contributed by atoms with Crippen LogP contribution in [0.1, 0.15) is 38.8 Å². The summed E-state index contributed by atoms with van der Waals surface area (Å²) in [5, 5.41) is 4.74.